The van der Waals surface area contributed by atoms with Crippen LogP contribution < -0.4 is 0 Å². The van der Waals surface area contributed by atoms with Crippen LogP contribution in [-0.4, -0.2) is 0 Å². The average Bonchev–Trinajstić information content (AvgIpc) is 2.63. The molecule has 0 saturated heterocycles. The number of benzene rings is 2. The molecule has 0 amide bonds. The van der Waals surface area contributed by atoms with Crippen LogP contribution in [0.3, 0.4) is 0 Å². The summed E-state index contributed by atoms with van der Waals surface area (Å²) in [5.74, 6) is 0. The Morgan fingerprint density at radius 3 is 1.74 bits per heavy atom. The molecule has 0 aromatic heterocycles. The van der Waals surface area contributed by atoms with E-state index in [-0.39, 0.29) is 0 Å². The highest BCUT2D eigenvalue weighted by Crippen LogP contribution is 2.21. The minimum Gasteiger partial charge on any atom is -0.0985 e. The highest BCUT2D eigenvalue weighted by molar-refractivity contribution is 5.79. The lowest BCUT2D eigenvalue weighted by molar-refractivity contribution is 1.57. The molecule has 2 rings (SSSR count). The van der Waals surface area contributed by atoms with Crippen molar-refractivity contribution in [2.24, 2.45) is 0 Å². The SMILES string of the molecule is C=CC(C=CC)=C(C=C)c1ccccc1.C=Cc1ccccc1. The van der Waals surface area contributed by atoms with E-state index in [9.17, 15) is 0 Å². The van der Waals surface area contributed by atoms with Crippen molar-refractivity contribution in [1.82, 2.24) is 0 Å². The molecule has 0 atom stereocenters. The summed E-state index contributed by atoms with van der Waals surface area (Å²) in [6.45, 7) is 13.3. The Balaban J connectivity index is 0.000000277. The molecule has 0 saturated carbocycles. The van der Waals surface area contributed by atoms with Crippen LogP contribution in [0.5, 0.6) is 0 Å². The largest absolute Gasteiger partial charge is 0.0985 e. The molecule has 116 valence electrons. The van der Waals surface area contributed by atoms with Gasteiger partial charge in [-0.15, -0.1) is 0 Å². The standard InChI is InChI=1S/C15H16.C8H8/c1-4-10-13(5-2)15(6-3)14-11-8-7-9-12-14;1-2-8-6-4-3-5-7-8/h4-12H,2-3H2,1H3;2-7H,1H2. The van der Waals surface area contributed by atoms with E-state index in [1.165, 1.54) is 11.1 Å². The maximum atomic E-state index is 3.85. The maximum absolute atomic E-state index is 3.85. The zero-order chi connectivity index (χ0) is 16.9. The van der Waals surface area contributed by atoms with Gasteiger partial charge in [0.2, 0.25) is 0 Å². The molecule has 0 unspecified atom stereocenters. The number of rotatable bonds is 5. The Kier molecular flexibility index (Phi) is 8.55. The predicted octanol–water partition coefficient (Wildman–Crippen LogP) is 6.72. The Hall–Kier alpha value is -2.86. The zero-order valence-corrected chi connectivity index (χ0v) is 13.8. The molecule has 0 radical (unpaired) electrons. The first-order chi connectivity index (χ1) is 11.3. The zero-order valence-electron chi connectivity index (χ0n) is 13.8. The summed E-state index contributed by atoms with van der Waals surface area (Å²) >= 11 is 0. The number of hydrogen-bond donors (Lipinski definition) is 0. The van der Waals surface area contributed by atoms with E-state index in [0.717, 1.165) is 11.1 Å². The van der Waals surface area contributed by atoms with E-state index >= 15 is 0 Å². The summed E-state index contributed by atoms with van der Waals surface area (Å²) in [5.41, 5.74) is 4.55. The van der Waals surface area contributed by atoms with Crippen molar-refractivity contribution in [3.05, 3.63) is 121 Å². The van der Waals surface area contributed by atoms with Crippen LogP contribution in [0.4, 0.5) is 0 Å². The molecule has 0 aliphatic heterocycles. The third-order valence-electron chi connectivity index (χ3n) is 3.20. The van der Waals surface area contributed by atoms with Gasteiger partial charge in [-0.25, -0.2) is 0 Å². The Morgan fingerprint density at radius 2 is 1.35 bits per heavy atom. The van der Waals surface area contributed by atoms with Gasteiger partial charge in [-0.3, -0.25) is 0 Å². The van der Waals surface area contributed by atoms with Crippen LogP contribution in [0.2, 0.25) is 0 Å². The van der Waals surface area contributed by atoms with E-state index in [1.807, 2.05) is 85.8 Å². The molecule has 0 nitrogen and oxygen atoms in total. The Morgan fingerprint density at radius 1 is 0.783 bits per heavy atom. The summed E-state index contributed by atoms with van der Waals surface area (Å²) in [4.78, 5) is 0. The predicted molar refractivity (Wildman–Crippen MR) is 105 cm³/mol. The fourth-order valence-corrected chi connectivity index (χ4v) is 2.06. The van der Waals surface area contributed by atoms with Crippen molar-refractivity contribution in [3.8, 4) is 0 Å². The second-order valence-corrected chi connectivity index (χ2v) is 4.76. The fourth-order valence-electron chi connectivity index (χ4n) is 2.06. The summed E-state index contributed by atoms with van der Waals surface area (Å²) in [5, 5.41) is 0. The normalized spacial score (nSPS) is 11.0. The van der Waals surface area contributed by atoms with Gasteiger partial charge in [-0.05, 0) is 29.2 Å². The van der Waals surface area contributed by atoms with E-state index in [2.05, 4.69) is 31.9 Å². The average molecular weight is 300 g/mol. The molecule has 0 spiro atoms. The lowest BCUT2D eigenvalue weighted by Crippen LogP contribution is -1.84. The molecule has 0 aliphatic rings. The minimum atomic E-state index is 1.10. The molecule has 23 heavy (non-hydrogen) atoms. The van der Waals surface area contributed by atoms with E-state index < -0.39 is 0 Å². The van der Waals surface area contributed by atoms with Gasteiger partial charge in [0, 0.05) is 0 Å². The van der Waals surface area contributed by atoms with Gasteiger partial charge in [-0.1, -0.05) is 111 Å². The molecule has 0 heterocycles. The number of hydrogen-bond acceptors (Lipinski definition) is 0. The Bertz CT molecular complexity index is 670. The second-order valence-electron chi connectivity index (χ2n) is 4.76. The first kappa shape index (κ1) is 18.2. The van der Waals surface area contributed by atoms with E-state index in [0.29, 0.717) is 0 Å². The second kappa shape index (κ2) is 10.8. The summed E-state index contributed by atoms with van der Waals surface area (Å²) in [6.07, 6.45) is 9.59. The summed E-state index contributed by atoms with van der Waals surface area (Å²) in [7, 11) is 0. The lowest BCUT2D eigenvalue weighted by atomic mass is 9.99. The van der Waals surface area contributed by atoms with Crippen LogP contribution in [0.15, 0.2) is 110 Å². The molecule has 0 fully saturated rings. The van der Waals surface area contributed by atoms with Gasteiger partial charge in [0.05, 0.1) is 0 Å². The molecule has 0 bridgehead atoms. The molecule has 0 aliphatic carbocycles. The van der Waals surface area contributed by atoms with Crippen molar-refractivity contribution >= 4 is 11.6 Å². The number of allylic oxidation sites excluding steroid dienone is 6. The molecule has 0 N–H and O–H groups in total. The van der Waals surface area contributed by atoms with Gasteiger partial charge in [-0.2, -0.15) is 0 Å². The van der Waals surface area contributed by atoms with Crippen LogP contribution in [0.25, 0.3) is 11.6 Å². The van der Waals surface area contributed by atoms with Crippen LogP contribution in [-0.2, 0) is 0 Å². The van der Waals surface area contributed by atoms with Crippen molar-refractivity contribution in [3.63, 3.8) is 0 Å². The van der Waals surface area contributed by atoms with Crippen LogP contribution in [0, 0.1) is 0 Å². The quantitative estimate of drug-likeness (QED) is 0.538. The van der Waals surface area contributed by atoms with Crippen molar-refractivity contribution in [2.45, 2.75) is 6.92 Å². The third-order valence-corrected chi connectivity index (χ3v) is 3.20. The first-order valence-corrected chi connectivity index (χ1v) is 7.61. The molecular weight excluding hydrogens is 276 g/mol. The minimum absolute atomic E-state index is 1.10. The van der Waals surface area contributed by atoms with E-state index in [4.69, 9.17) is 0 Å². The molecule has 2 aromatic carbocycles. The first-order valence-electron chi connectivity index (χ1n) is 7.61. The summed E-state index contributed by atoms with van der Waals surface area (Å²) in [6, 6.07) is 20.2. The maximum Gasteiger partial charge on any atom is -0.0118 e. The molecule has 0 heteroatoms. The van der Waals surface area contributed by atoms with Gasteiger partial charge < -0.3 is 0 Å². The van der Waals surface area contributed by atoms with Crippen molar-refractivity contribution in [1.29, 1.82) is 0 Å². The van der Waals surface area contributed by atoms with Crippen LogP contribution in [0.1, 0.15) is 18.1 Å². The monoisotopic (exact) mass is 300 g/mol. The van der Waals surface area contributed by atoms with Crippen molar-refractivity contribution in [2.75, 3.05) is 0 Å². The molecular formula is C23H24. The fraction of sp³-hybridized carbons (Fsp3) is 0.0435. The highest BCUT2D eigenvalue weighted by Gasteiger charge is 1.99. The third kappa shape index (κ3) is 6.19. The molecule has 2 aromatic rings. The topological polar surface area (TPSA) is 0 Å². The van der Waals surface area contributed by atoms with Gasteiger partial charge in [0.25, 0.3) is 0 Å². The van der Waals surface area contributed by atoms with Gasteiger partial charge >= 0.3 is 0 Å². The Labute approximate surface area is 140 Å². The lowest BCUT2D eigenvalue weighted by Gasteiger charge is -2.05. The van der Waals surface area contributed by atoms with Gasteiger partial charge in [0.15, 0.2) is 0 Å². The summed E-state index contributed by atoms with van der Waals surface area (Å²) < 4.78 is 0. The van der Waals surface area contributed by atoms with E-state index in [1.54, 1.807) is 0 Å². The van der Waals surface area contributed by atoms with Crippen LogP contribution >= 0.6 is 0 Å². The van der Waals surface area contributed by atoms with Gasteiger partial charge in [0.1, 0.15) is 0 Å². The van der Waals surface area contributed by atoms with Crippen molar-refractivity contribution < 1.29 is 0 Å². The highest BCUT2D eigenvalue weighted by atomic mass is 14.0. The smallest absolute Gasteiger partial charge is 0.0118 e.